The molecule has 1 N–H and O–H groups in total. The van der Waals surface area contributed by atoms with E-state index < -0.39 is 0 Å². The van der Waals surface area contributed by atoms with E-state index in [2.05, 4.69) is 52.4 Å². The average molecular weight is 372 g/mol. The van der Waals surface area contributed by atoms with Crippen LogP contribution in [-0.2, 0) is 7.05 Å². The highest BCUT2D eigenvalue weighted by atomic mass is 16.1. The standard InChI is InChI=1S/C21H20N6O/c1-14-5-6-16(11-15(14)2)18-13-23-21(26(18)3)25-20(28)17-7-8-19(22-12-17)27-10-4-9-24-27/h4-13H,1-3H3,(H,23,25,28). The van der Waals surface area contributed by atoms with E-state index in [0.717, 1.165) is 11.3 Å². The Hall–Kier alpha value is -3.74. The first-order valence-electron chi connectivity index (χ1n) is 8.89. The lowest BCUT2D eigenvalue weighted by Gasteiger charge is -2.09. The number of carbonyl (C=O) groups is 1. The van der Waals surface area contributed by atoms with Gasteiger partial charge in [-0.15, -0.1) is 0 Å². The largest absolute Gasteiger partial charge is 0.313 e. The molecule has 0 bridgehead atoms. The lowest BCUT2D eigenvalue weighted by molar-refractivity contribution is 0.102. The van der Waals surface area contributed by atoms with Crippen molar-refractivity contribution in [2.45, 2.75) is 13.8 Å². The molecule has 1 aromatic carbocycles. The van der Waals surface area contributed by atoms with Crippen molar-refractivity contribution in [2.75, 3.05) is 5.32 Å². The number of nitrogens with one attached hydrogen (secondary N) is 1. The third-order valence-electron chi connectivity index (χ3n) is 4.77. The number of aromatic nitrogens is 5. The zero-order valence-corrected chi connectivity index (χ0v) is 15.9. The SMILES string of the molecule is Cc1ccc(-c2cnc(NC(=O)c3ccc(-n4cccn4)nc3)n2C)cc1C. The molecule has 7 heteroatoms. The molecule has 0 aliphatic rings. The van der Waals surface area contributed by atoms with E-state index in [-0.39, 0.29) is 5.91 Å². The summed E-state index contributed by atoms with van der Waals surface area (Å²) in [5.74, 6) is 0.866. The minimum atomic E-state index is -0.264. The lowest BCUT2D eigenvalue weighted by atomic mass is 10.0. The van der Waals surface area contributed by atoms with Gasteiger partial charge in [0.05, 0.1) is 17.5 Å². The second-order valence-corrected chi connectivity index (χ2v) is 6.63. The molecule has 0 radical (unpaired) electrons. The minimum Gasteiger partial charge on any atom is -0.313 e. The molecule has 0 atom stereocenters. The third-order valence-corrected chi connectivity index (χ3v) is 4.77. The summed E-state index contributed by atoms with van der Waals surface area (Å²) in [5.41, 5.74) is 4.90. The van der Waals surface area contributed by atoms with E-state index in [1.807, 2.05) is 17.7 Å². The van der Waals surface area contributed by atoms with Gasteiger partial charge >= 0.3 is 0 Å². The summed E-state index contributed by atoms with van der Waals surface area (Å²) in [6.45, 7) is 4.16. The van der Waals surface area contributed by atoms with E-state index in [1.165, 1.54) is 17.3 Å². The number of benzene rings is 1. The first-order valence-corrected chi connectivity index (χ1v) is 8.89. The van der Waals surface area contributed by atoms with Crippen LogP contribution in [0.1, 0.15) is 21.5 Å². The van der Waals surface area contributed by atoms with Gasteiger partial charge in [-0.05, 0) is 49.2 Å². The smallest absolute Gasteiger partial charge is 0.259 e. The van der Waals surface area contributed by atoms with Crippen LogP contribution in [0, 0.1) is 13.8 Å². The van der Waals surface area contributed by atoms with Crippen molar-refractivity contribution in [3.8, 4) is 17.1 Å². The average Bonchev–Trinajstić information content (AvgIpc) is 3.35. The molecular weight excluding hydrogens is 352 g/mol. The van der Waals surface area contributed by atoms with Crippen molar-refractivity contribution < 1.29 is 4.79 Å². The summed E-state index contributed by atoms with van der Waals surface area (Å²) < 4.78 is 3.50. The second kappa shape index (κ2) is 7.11. The summed E-state index contributed by atoms with van der Waals surface area (Å²) in [5, 5.41) is 6.97. The second-order valence-electron chi connectivity index (χ2n) is 6.63. The topological polar surface area (TPSA) is 77.6 Å². The molecule has 0 saturated heterocycles. The molecule has 0 spiro atoms. The van der Waals surface area contributed by atoms with Crippen LogP contribution < -0.4 is 5.32 Å². The Balaban J connectivity index is 1.53. The van der Waals surface area contributed by atoms with Gasteiger partial charge in [-0.3, -0.25) is 10.1 Å². The molecular formula is C21H20N6O. The number of anilines is 1. The molecule has 4 aromatic rings. The van der Waals surface area contributed by atoms with Crippen LogP contribution in [0.2, 0.25) is 0 Å². The Morgan fingerprint density at radius 2 is 1.89 bits per heavy atom. The van der Waals surface area contributed by atoms with E-state index in [0.29, 0.717) is 17.3 Å². The van der Waals surface area contributed by atoms with Crippen LogP contribution in [0.15, 0.2) is 61.2 Å². The monoisotopic (exact) mass is 372 g/mol. The maximum absolute atomic E-state index is 12.6. The zero-order chi connectivity index (χ0) is 19.7. The van der Waals surface area contributed by atoms with Crippen molar-refractivity contribution >= 4 is 11.9 Å². The van der Waals surface area contributed by atoms with Crippen LogP contribution in [0.25, 0.3) is 17.1 Å². The maximum atomic E-state index is 12.6. The van der Waals surface area contributed by atoms with Crippen molar-refractivity contribution in [3.05, 3.63) is 77.9 Å². The fourth-order valence-corrected chi connectivity index (χ4v) is 2.93. The van der Waals surface area contributed by atoms with Gasteiger partial charge in [0.1, 0.15) is 0 Å². The van der Waals surface area contributed by atoms with Crippen molar-refractivity contribution in [1.29, 1.82) is 0 Å². The van der Waals surface area contributed by atoms with Crippen LogP contribution in [0.3, 0.4) is 0 Å². The summed E-state index contributed by atoms with van der Waals surface area (Å²) in [6, 6.07) is 11.5. The summed E-state index contributed by atoms with van der Waals surface area (Å²) in [4.78, 5) is 21.2. The van der Waals surface area contributed by atoms with Crippen molar-refractivity contribution in [1.82, 2.24) is 24.3 Å². The number of imidazole rings is 1. The van der Waals surface area contributed by atoms with Crippen LogP contribution >= 0.6 is 0 Å². The minimum absolute atomic E-state index is 0.264. The number of aryl methyl sites for hydroxylation is 2. The third kappa shape index (κ3) is 3.29. The Morgan fingerprint density at radius 3 is 2.57 bits per heavy atom. The summed E-state index contributed by atoms with van der Waals surface area (Å²) >= 11 is 0. The normalized spacial score (nSPS) is 10.8. The molecule has 0 unspecified atom stereocenters. The first-order chi connectivity index (χ1) is 13.5. The Labute approximate surface area is 162 Å². The molecule has 0 saturated carbocycles. The first kappa shape index (κ1) is 17.7. The molecule has 28 heavy (non-hydrogen) atoms. The van der Waals surface area contributed by atoms with Crippen molar-refractivity contribution in [3.63, 3.8) is 0 Å². The Morgan fingerprint density at radius 1 is 1.04 bits per heavy atom. The molecule has 140 valence electrons. The summed E-state index contributed by atoms with van der Waals surface area (Å²) in [7, 11) is 1.88. The Bertz CT molecular complexity index is 1130. The molecule has 1 amide bonds. The van der Waals surface area contributed by atoms with Gasteiger partial charge in [-0.1, -0.05) is 12.1 Å². The number of carbonyl (C=O) groups excluding carboxylic acids is 1. The van der Waals surface area contributed by atoms with Crippen LogP contribution in [0.5, 0.6) is 0 Å². The molecule has 7 nitrogen and oxygen atoms in total. The molecule has 0 aliphatic heterocycles. The number of rotatable bonds is 4. The lowest BCUT2D eigenvalue weighted by Crippen LogP contribution is -2.15. The van der Waals surface area contributed by atoms with Gasteiger partial charge in [-0.2, -0.15) is 5.10 Å². The number of nitrogens with zero attached hydrogens (tertiary/aromatic N) is 5. The highest BCUT2D eigenvalue weighted by Gasteiger charge is 2.14. The van der Waals surface area contributed by atoms with Gasteiger partial charge in [0, 0.05) is 31.2 Å². The number of hydrogen-bond acceptors (Lipinski definition) is 4. The van der Waals surface area contributed by atoms with Gasteiger partial charge in [0.15, 0.2) is 5.82 Å². The Kier molecular flexibility index (Phi) is 4.49. The highest BCUT2D eigenvalue weighted by molar-refractivity contribution is 6.03. The fraction of sp³-hybridized carbons (Fsp3) is 0.143. The molecule has 3 aromatic heterocycles. The number of amides is 1. The predicted molar refractivity (Wildman–Crippen MR) is 107 cm³/mol. The molecule has 3 heterocycles. The van der Waals surface area contributed by atoms with Crippen LogP contribution in [0.4, 0.5) is 5.95 Å². The predicted octanol–water partition coefficient (Wildman–Crippen LogP) is 3.54. The highest BCUT2D eigenvalue weighted by Crippen LogP contribution is 2.24. The van der Waals surface area contributed by atoms with E-state index in [1.54, 1.807) is 35.4 Å². The van der Waals surface area contributed by atoms with Gasteiger partial charge in [0.2, 0.25) is 5.95 Å². The molecule has 4 rings (SSSR count). The van der Waals surface area contributed by atoms with E-state index in [4.69, 9.17) is 0 Å². The number of pyridine rings is 1. The van der Waals surface area contributed by atoms with Gasteiger partial charge in [0.25, 0.3) is 5.91 Å². The fourth-order valence-electron chi connectivity index (χ4n) is 2.93. The maximum Gasteiger partial charge on any atom is 0.259 e. The molecule has 0 aliphatic carbocycles. The van der Waals surface area contributed by atoms with Gasteiger partial charge < -0.3 is 4.57 Å². The van der Waals surface area contributed by atoms with E-state index >= 15 is 0 Å². The molecule has 0 fully saturated rings. The quantitative estimate of drug-likeness (QED) is 0.594. The van der Waals surface area contributed by atoms with E-state index in [9.17, 15) is 4.79 Å². The number of hydrogen-bond donors (Lipinski definition) is 1. The summed E-state index contributed by atoms with van der Waals surface area (Å²) in [6.07, 6.45) is 6.76. The zero-order valence-electron chi connectivity index (χ0n) is 15.9. The van der Waals surface area contributed by atoms with Crippen LogP contribution in [-0.4, -0.2) is 30.2 Å². The van der Waals surface area contributed by atoms with Crippen molar-refractivity contribution in [2.24, 2.45) is 7.05 Å². The van der Waals surface area contributed by atoms with Gasteiger partial charge in [-0.25, -0.2) is 14.6 Å².